The van der Waals surface area contributed by atoms with Crippen LogP contribution in [-0.4, -0.2) is 30.0 Å². The molecule has 1 aliphatic heterocycles. The van der Waals surface area contributed by atoms with Crippen molar-refractivity contribution in [1.82, 2.24) is 10.3 Å². The van der Waals surface area contributed by atoms with Crippen molar-refractivity contribution in [3.8, 4) is 0 Å². The Morgan fingerprint density at radius 1 is 1.52 bits per heavy atom. The second-order valence-corrected chi connectivity index (χ2v) is 6.26. The Hall–Kier alpha value is -1.88. The second kappa shape index (κ2) is 6.26. The second-order valence-electron chi connectivity index (χ2n) is 5.38. The summed E-state index contributed by atoms with van der Waals surface area (Å²) in [6.45, 7) is 3.70. The van der Waals surface area contributed by atoms with Gasteiger partial charge in [0, 0.05) is 36.3 Å². The lowest BCUT2D eigenvalue weighted by molar-refractivity contribution is 0.0951. The first-order valence-corrected chi connectivity index (χ1v) is 8.13. The van der Waals surface area contributed by atoms with Crippen LogP contribution in [0, 0.1) is 6.92 Å². The van der Waals surface area contributed by atoms with Crippen molar-refractivity contribution in [3.63, 3.8) is 0 Å². The van der Waals surface area contributed by atoms with Gasteiger partial charge in [-0.3, -0.25) is 4.79 Å². The topological polar surface area (TPSA) is 45.2 Å². The smallest absolute Gasteiger partial charge is 0.251 e. The number of aromatic nitrogens is 1. The van der Waals surface area contributed by atoms with Crippen molar-refractivity contribution < 1.29 is 4.79 Å². The Labute approximate surface area is 128 Å². The van der Waals surface area contributed by atoms with Crippen LogP contribution in [0.25, 0.3) is 0 Å². The minimum atomic E-state index is 0.00434. The molecule has 0 radical (unpaired) electrons. The third kappa shape index (κ3) is 3.24. The summed E-state index contributed by atoms with van der Waals surface area (Å²) in [5, 5.41) is 6.11. The third-order valence-electron chi connectivity index (χ3n) is 3.82. The minimum Gasteiger partial charge on any atom is -0.350 e. The molecule has 4 nitrogen and oxygen atoms in total. The van der Waals surface area contributed by atoms with Crippen LogP contribution in [0.5, 0.6) is 0 Å². The molecule has 0 aliphatic carbocycles. The molecule has 21 heavy (non-hydrogen) atoms. The van der Waals surface area contributed by atoms with E-state index in [1.165, 1.54) is 0 Å². The van der Waals surface area contributed by atoms with Crippen LogP contribution in [0.1, 0.15) is 28.8 Å². The number of rotatable bonds is 4. The average molecular weight is 301 g/mol. The Morgan fingerprint density at radius 3 is 3.19 bits per heavy atom. The molecule has 1 fully saturated rings. The van der Waals surface area contributed by atoms with E-state index in [-0.39, 0.29) is 5.91 Å². The van der Waals surface area contributed by atoms with E-state index >= 15 is 0 Å². The summed E-state index contributed by atoms with van der Waals surface area (Å²) in [6, 6.07) is 8.04. The van der Waals surface area contributed by atoms with Gasteiger partial charge in [0.25, 0.3) is 5.91 Å². The van der Waals surface area contributed by atoms with E-state index in [0.717, 1.165) is 35.6 Å². The maximum Gasteiger partial charge on any atom is 0.251 e. The summed E-state index contributed by atoms with van der Waals surface area (Å²) in [5.41, 5.74) is 1.83. The van der Waals surface area contributed by atoms with Gasteiger partial charge in [0.1, 0.15) is 0 Å². The van der Waals surface area contributed by atoms with Crippen LogP contribution in [-0.2, 0) is 0 Å². The van der Waals surface area contributed by atoms with Gasteiger partial charge >= 0.3 is 0 Å². The predicted molar refractivity (Wildman–Crippen MR) is 86.0 cm³/mol. The minimum absolute atomic E-state index is 0.00434. The molecule has 0 spiro atoms. The number of amides is 1. The third-order valence-corrected chi connectivity index (χ3v) is 4.63. The van der Waals surface area contributed by atoms with Gasteiger partial charge in [-0.25, -0.2) is 4.98 Å². The molecule has 1 N–H and O–H groups in total. The molecule has 0 bridgehead atoms. The van der Waals surface area contributed by atoms with Crippen LogP contribution in [0.4, 0.5) is 5.13 Å². The lowest BCUT2D eigenvalue weighted by Crippen LogP contribution is -2.40. The summed E-state index contributed by atoms with van der Waals surface area (Å²) < 4.78 is 0. The summed E-state index contributed by atoms with van der Waals surface area (Å²) in [6.07, 6.45) is 4.10. The van der Waals surface area contributed by atoms with Crippen LogP contribution in [0.15, 0.2) is 35.8 Å². The first kappa shape index (κ1) is 14.1. The number of carbonyl (C=O) groups is 1. The number of nitrogens with zero attached hydrogens (tertiary/aromatic N) is 2. The Bertz CT molecular complexity index is 612. The molecule has 0 saturated carbocycles. The molecular formula is C16H19N3OS. The normalized spacial score (nSPS) is 18.0. The van der Waals surface area contributed by atoms with Crippen molar-refractivity contribution in [3.05, 3.63) is 47.0 Å². The Balaban J connectivity index is 1.61. The molecule has 5 heteroatoms. The molecule has 1 atom stereocenters. The number of hydrogen-bond donors (Lipinski definition) is 1. The van der Waals surface area contributed by atoms with Gasteiger partial charge in [-0.15, -0.1) is 11.3 Å². The monoisotopic (exact) mass is 301 g/mol. The average Bonchev–Trinajstić information content (AvgIpc) is 3.15. The van der Waals surface area contributed by atoms with E-state index in [0.29, 0.717) is 12.6 Å². The maximum absolute atomic E-state index is 12.2. The number of anilines is 1. The molecule has 2 aromatic rings. The van der Waals surface area contributed by atoms with Gasteiger partial charge in [0.05, 0.1) is 0 Å². The fourth-order valence-corrected chi connectivity index (χ4v) is 3.50. The van der Waals surface area contributed by atoms with Crippen LogP contribution in [0.2, 0.25) is 0 Å². The zero-order chi connectivity index (χ0) is 14.7. The fourth-order valence-electron chi connectivity index (χ4n) is 2.76. The highest BCUT2D eigenvalue weighted by atomic mass is 32.1. The molecule has 1 saturated heterocycles. The van der Waals surface area contributed by atoms with Gasteiger partial charge in [0.15, 0.2) is 5.13 Å². The molecule has 1 amide bonds. The molecule has 1 unspecified atom stereocenters. The lowest BCUT2D eigenvalue weighted by Gasteiger charge is -2.24. The SMILES string of the molecule is Cc1cccc(C(=O)NCC2CCCN2c2nccs2)c1. The van der Waals surface area contributed by atoms with E-state index in [4.69, 9.17) is 0 Å². The first-order valence-electron chi connectivity index (χ1n) is 7.25. The predicted octanol–water partition coefficient (Wildman–Crippen LogP) is 2.85. The van der Waals surface area contributed by atoms with Gasteiger partial charge in [-0.05, 0) is 31.9 Å². The van der Waals surface area contributed by atoms with Gasteiger partial charge < -0.3 is 10.2 Å². The zero-order valence-electron chi connectivity index (χ0n) is 12.1. The van der Waals surface area contributed by atoms with E-state index in [2.05, 4.69) is 15.2 Å². The van der Waals surface area contributed by atoms with Crippen molar-refractivity contribution in [1.29, 1.82) is 0 Å². The summed E-state index contributed by atoms with van der Waals surface area (Å²) in [5.74, 6) is 0.00434. The van der Waals surface area contributed by atoms with Crippen LogP contribution in [0.3, 0.4) is 0 Å². The highest BCUT2D eigenvalue weighted by Crippen LogP contribution is 2.26. The largest absolute Gasteiger partial charge is 0.350 e. The Kier molecular flexibility index (Phi) is 4.20. The summed E-state index contributed by atoms with van der Waals surface area (Å²) in [4.78, 5) is 18.9. The van der Waals surface area contributed by atoms with E-state index in [9.17, 15) is 4.79 Å². The molecule has 2 heterocycles. The highest BCUT2D eigenvalue weighted by Gasteiger charge is 2.26. The first-order chi connectivity index (χ1) is 10.2. The number of thiazole rings is 1. The van der Waals surface area contributed by atoms with Gasteiger partial charge in [-0.1, -0.05) is 17.7 Å². The molecule has 1 aliphatic rings. The van der Waals surface area contributed by atoms with E-state index < -0.39 is 0 Å². The summed E-state index contributed by atoms with van der Waals surface area (Å²) in [7, 11) is 0. The van der Waals surface area contributed by atoms with E-state index in [1.54, 1.807) is 11.3 Å². The van der Waals surface area contributed by atoms with Crippen molar-refractivity contribution >= 4 is 22.4 Å². The lowest BCUT2D eigenvalue weighted by atomic mass is 10.1. The van der Waals surface area contributed by atoms with Crippen LogP contribution < -0.4 is 10.2 Å². The zero-order valence-corrected chi connectivity index (χ0v) is 12.9. The number of carbonyl (C=O) groups excluding carboxylic acids is 1. The van der Waals surface area contributed by atoms with Crippen LogP contribution >= 0.6 is 11.3 Å². The number of hydrogen-bond acceptors (Lipinski definition) is 4. The Morgan fingerprint density at radius 2 is 2.43 bits per heavy atom. The van der Waals surface area contributed by atoms with Gasteiger partial charge in [0.2, 0.25) is 0 Å². The molecule has 3 rings (SSSR count). The van der Waals surface area contributed by atoms with Gasteiger partial charge in [-0.2, -0.15) is 0 Å². The van der Waals surface area contributed by atoms with E-state index in [1.807, 2.05) is 42.8 Å². The molecular weight excluding hydrogens is 282 g/mol. The standard InChI is InChI=1S/C16H19N3OS/c1-12-4-2-5-13(10-12)15(20)18-11-14-6-3-8-19(14)16-17-7-9-21-16/h2,4-5,7,9-10,14H,3,6,8,11H2,1H3,(H,18,20). The number of aryl methyl sites for hydroxylation is 1. The number of nitrogens with one attached hydrogen (secondary N) is 1. The summed E-state index contributed by atoms with van der Waals surface area (Å²) >= 11 is 1.66. The highest BCUT2D eigenvalue weighted by molar-refractivity contribution is 7.13. The van der Waals surface area contributed by atoms with Crippen molar-refractivity contribution in [2.24, 2.45) is 0 Å². The fraction of sp³-hybridized carbons (Fsp3) is 0.375. The quantitative estimate of drug-likeness (QED) is 0.944. The van der Waals surface area contributed by atoms with Crippen molar-refractivity contribution in [2.45, 2.75) is 25.8 Å². The molecule has 110 valence electrons. The maximum atomic E-state index is 12.2. The molecule has 1 aromatic heterocycles. The molecule has 1 aromatic carbocycles. The van der Waals surface area contributed by atoms with Crippen molar-refractivity contribution in [2.75, 3.05) is 18.0 Å². The number of benzene rings is 1.